The summed E-state index contributed by atoms with van der Waals surface area (Å²) in [5.41, 5.74) is 1.18. The summed E-state index contributed by atoms with van der Waals surface area (Å²) in [7, 11) is 0. The maximum absolute atomic E-state index is 12.2. The van der Waals surface area contributed by atoms with Gasteiger partial charge in [-0.25, -0.2) is 0 Å². The lowest BCUT2D eigenvalue weighted by Crippen LogP contribution is -2.44. The van der Waals surface area contributed by atoms with Crippen LogP contribution in [0.25, 0.3) is 0 Å². The van der Waals surface area contributed by atoms with Crippen LogP contribution < -0.4 is 10.6 Å². The molecule has 2 rings (SSSR count). The third-order valence-electron chi connectivity index (χ3n) is 4.00. The van der Waals surface area contributed by atoms with E-state index in [1.807, 2.05) is 12.1 Å². The van der Waals surface area contributed by atoms with Gasteiger partial charge in [0.05, 0.1) is 5.92 Å². The van der Waals surface area contributed by atoms with Crippen LogP contribution in [-0.4, -0.2) is 25.5 Å². The fraction of sp³-hybridized carbons (Fsp3) is 0.562. The summed E-state index contributed by atoms with van der Waals surface area (Å²) in [6.45, 7) is 6.84. The van der Waals surface area contributed by atoms with Crippen LogP contribution in [0, 0.1) is 5.92 Å². The second-order valence-electron chi connectivity index (χ2n) is 6.15. The van der Waals surface area contributed by atoms with Gasteiger partial charge < -0.3 is 10.6 Å². The lowest BCUT2D eigenvalue weighted by Gasteiger charge is -2.28. The highest BCUT2D eigenvalue weighted by atomic mass is 79.9. The van der Waals surface area contributed by atoms with Crippen LogP contribution in [0.2, 0.25) is 0 Å². The predicted molar refractivity (Wildman–Crippen MR) is 93.0 cm³/mol. The molecule has 1 aliphatic heterocycles. The van der Waals surface area contributed by atoms with Gasteiger partial charge in [-0.2, -0.15) is 0 Å². The van der Waals surface area contributed by atoms with Crippen LogP contribution in [0.15, 0.2) is 28.7 Å². The van der Waals surface area contributed by atoms with E-state index in [1.54, 1.807) is 0 Å². The second-order valence-corrected chi connectivity index (χ2v) is 7.07. The standard InChI is InChI=1S/C16H23BrN2O.ClH/c1-16(2,13-5-7-14(17)8-6-13)11-19-15(20)12-4-3-9-18-10-12;/h5-8,12,18H,3-4,9-11H2,1-2H3,(H,19,20);1H. The van der Waals surface area contributed by atoms with Crippen molar-refractivity contribution >= 4 is 34.2 Å². The number of halogens is 2. The van der Waals surface area contributed by atoms with Crippen molar-refractivity contribution in [3.63, 3.8) is 0 Å². The van der Waals surface area contributed by atoms with Gasteiger partial charge in [0.25, 0.3) is 0 Å². The zero-order valence-corrected chi connectivity index (χ0v) is 15.0. The fourth-order valence-electron chi connectivity index (χ4n) is 2.53. The van der Waals surface area contributed by atoms with E-state index in [2.05, 4.69) is 52.5 Å². The van der Waals surface area contributed by atoms with Gasteiger partial charge in [-0.05, 0) is 37.1 Å². The average Bonchev–Trinajstić information content (AvgIpc) is 2.46. The van der Waals surface area contributed by atoms with E-state index < -0.39 is 0 Å². The Morgan fingerprint density at radius 1 is 1.38 bits per heavy atom. The maximum Gasteiger partial charge on any atom is 0.224 e. The highest BCUT2D eigenvalue weighted by molar-refractivity contribution is 9.10. The molecule has 0 radical (unpaired) electrons. The first kappa shape index (κ1) is 18.5. The summed E-state index contributed by atoms with van der Waals surface area (Å²) in [6.07, 6.45) is 2.09. The first-order chi connectivity index (χ1) is 9.49. The van der Waals surface area contributed by atoms with E-state index in [0.29, 0.717) is 6.54 Å². The number of amides is 1. The minimum atomic E-state index is -0.0571. The van der Waals surface area contributed by atoms with Gasteiger partial charge in [-0.1, -0.05) is 41.9 Å². The zero-order valence-electron chi connectivity index (χ0n) is 12.6. The summed E-state index contributed by atoms with van der Waals surface area (Å²) >= 11 is 3.45. The number of rotatable bonds is 4. The Morgan fingerprint density at radius 3 is 2.62 bits per heavy atom. The third kappa shape index (κ3) is 5.28. The Hall–Kier alpha value is -0.580. The van der Waals surface area contributed by atoms with E-state index in [-0.39, 0.29) is 29.6 Å². The summed E-state index contributed by atoms with van der Waals surface area (Å²) in [5, 5.41) is 6.40. The Balaban J connectivity index is 0.00000220. The molecule has 2 N–H and O–H groups in total. The molecular weight excluding hydrogens is 352 g/mol. The average molecular weight is 376 g/mol. The number of piperidine rings is 1. The monoisotopic (exact) mass is 374 g/mol. The van der Waals surface area contributed by atoms with Gasteiger partial charge in [-0.15, -0.1) is 12.4 Å². The molecule has 0 spiro atoms. The smallest absolute Gasteiger partial charge is 0.224 e. The quantitative estimate of drug-likeness (QED) is 0.848. The molecule has 3 nitrogen and oxygen atoms in total. The van der Waals surface area contributed by atoms with Crippen molar-refractivity contribution in [3.05, 3.63) is 34.3 Å². The molecule has 1 saturated heterocycles. The number of hydrogen-bond acceptors (Lipinski definition) is 2. The van der Waals surface area contributed by atoms with Gasteiger partial charge in [0.15, 0.2) is 0 Å². The predicted octanol–water partition coefficient (Wildman–Crippen LogP) is 3.26. The molecular formula is C16H24BrClN2O. The van der Waals surface area contributed by atoms with Crippen LogP contribution in [0.3, 0.4) is 0 Å². The maximum atomic E-state index is 12.2. The molecule has 21 heavy (non-hydrogen) atoms. The highest BCUT2D eigenvalue weighted by Crippen LogP contribution is 2.24. The largest absolute Gasteiger partial charge is 0.355 e. The molecule has 0 aliphatic carbocycles. The van der Waals surface area contributed by atoms with E-state index in [9.17, 15) is 4.79 Å². The first-order valence-corrected chi connectivity index (χ1v) is 8.03. The van der Waals surface area contributed by atoms with Crippen molar-refractivity contribution in [3.8, 4) is 0 Å². The zero-order chi connectivity index (χ0) is 14.6. The number of carbonyl (C=O) groups is 1. The Morgan fingerprint density at radius 2 is 2.05 bits per heavy atom. The lowest BCUT2D eigenvalue weighted by molar-refractivity contribution is -0.125. The van der Waals surface area contributed by atoms with Gasteiger partial charge in [0.1, 0.15) is 0 Å². The van der Waals surface area contributed by atoms with Crippen LogP contribution in [0.4, 0.5) is 0 Å². The van der Waals surface area contributed by atoms with Crippen molar-refractivity contribution in [2.45, 2.75) is 32.1 Å². The summed E-state index contributed by atoms with van der Waals surface area (Å²) < 4.78 is 1.08. The molecule has 1 aliphatic rings. The molecule has 5 heteroatoms. The molecule has 0 bridgehead atoms. The Bertz CT molecular complexity index is 456. The third-order valence-corrected chi connectivity index (χ3v) is 4.53. The van der Waals surface area contributed by atoms with Crippen molar-refractivity contribution in [2.24, 2.45) is 5.92 Å². The fourth-order valence-corrected chi connectivity index (χ4v) is 2.80. The molecule has 1 heterocycles. The normalized spacial score (nSPS) is 18.7. The Kier molecular flexibility index (Phi) is 7.17. The lowest BCUT2D eigenvalue weighted by atomic mass is 9.84. The molecule has 0 saturated carbocycles. The second kappa shape index (κ2) is 8.16. The van der Waals surface area contributed by atoms with Crippen LogP contribution >= 0.6 is 28.3 Å². The molecule has 0 aromatic heterocycles. The molecule has 1 atom stereocenters. The molecule has 1 unspecified atom stereocenters. The molecule has 1 aromatic carbocycles. The van der Waals surface area contributed by atoms with E-state index in [0.717, 1.165) is 30.4 Å². The van der Waals surface area contributed by atoms with Crippen LogP contribution in [0.5, 0.6) is 0 Å². The molecule has 1 aromatic rings. The van der Waals surface area contributed by atoms with Gasteiger partial charge in [0, 0.05) is 23.0 Å². The summed E-state index contributed by atoms with van der Waals surface area (Å²) in [4.78, 5) is 12.2. The van der Waals surface area contributed by atoms with Gasteiger partial charge in [-0.3, -0.25) is 4.79 Å². The van der Waals surface area contributed by atoms with E-state index in [1.165, 1.54) is 5.56 Å². The van der Waals surface area contributed by atoms with E-state index >= 15 is 0 Å². The topological polar surface area (TPSA) is 41.1 Å². The SMILES string of the molecule is CC(C)(CNC(=O)C1CCCNC1)c1ccc(Br)cc1.Cl. The highest BCUT2D eigenvalue weighted by Gasteiger charge is 2.25. The number of hydrogen-bond donors (Lipinski definition) is 2. The molecule has 1 fully saturated rings. The van der Waals surface area contributed by atoms with Crippen LogP contribution in [0.1, 0.15) is 32.3 Å². The number of nitrogens with one attached hydrogen (secondary N) is 2. The summed E-state index contributed by atoms with van der Waals surface area (Å²) in [5.74, 6) is 0.312. The number of benzene rings is 1. The van der Waals surface area contributed by atoms with Crippen molar-refractivity contribution in [2.75, 3.05) is 19.6 Å². The van der Waals surface area contributed by atoms with E-state index in [4.69, 9.17) is 0 Å². The van der Waals surface area contributed by atoms with Gasteiger partial charge >= 0.3 is 0 Å². The number of carbonyl (C=O) groups excluding carboxylic acids is 1. The van der Waals surface area contributed by atoms with Gasteiger partial charge in [0.2, 0.25) is 5.91 Å². The summed E-state index contributed by atoms with van der Waals surface area (Å²) in [6, 6.07) is 8.31. The first-order valence-electron chi connectivity index (χ1n) is 7.23. The minimum absolute atomic E-state index is 0. The van der Waals surface area contributed by atoms with Crippen molar-refractivity contribution < 1.29 is 4.79 Å². The molecule has 118 valence electrons. The molecule has 1 amide bonds. The van der Waals surface area contributed by atoms with Crippen molar-refractivity contribution in [1.29, 1.82) is 0 Å². The Labute approximate surface area is 141 Å². The van der Waals surface area contributed by atoms with Crippen LogP contribution in [-0.2, 0) is 10.2 Å². The minimum Gasteiger partial charge on any atom is -0.355 e. The van der Waals surface area contributed by atoms with Crippen molar-refractivity contribution in [1.82, 2.24) is 10.6 Å².